The van der Waals surface area contributed by atoms with E-state index in [-0.39, 0.29) is 0 Å². The van der Waals surface area contributed by atoms with Gasteiger partial charge in [0.2, 0.25) is 0 Å². The Morgan fingerprint density at radius 1 is 1.69 bits per heavy atom. The van der Waals surface area contributed by atoms with Gasteiger partial charge in [-0.2, -0.15) is 0 Å². The fourth-order valence-corrected chi connectivity index (χ4v) is 4.11. The number of nitrogens with one attached hydrogen (secondary N) is 1. The van der Waals surface area contributed by atoms with E-state index in [0.29, 0.717) is 12.0 Å². The van der Waals surface area contributed by atoms with Crippen molar-refractivity contribution < 1.29 is 4.74 Å². The van der Waals surface area contributed by atoms with Crippen molar-refractivity contribution in [2.75, 3.05) is 20.3 Å². The molecule has 0 bridgehead atoms. The van der Waals surface area contributed by atoms with Gasteiger partial charge in [0.25, 0.3) is 0 Å². The van der Waals surface area contributed by atoms with Gasteiger partial charge < -0.3 is 10.1 Å². The topological polar surface area (TPSA) is 21.3 Å². The zero-order valence-electron chi connectivity index (χ0n) is 9.13. The lowest BCUT2D eigenvalue weighted by Gasteiger charge is -2.29. The van der Waals surface area contributed by atoms with E-state index in [0.717, 1.165) is 28.4 Å². The number of hydrogen-bond donors (Lipinski definition) is 1. The van der Waals surface area contributed by atoms with Gasteiger partial charge in [-0.05, 0) is 41.9 Å². The van der Waals surface area contributed by atoms with Crippen molar-refractivity contribution in [3.8, 4) is 0 Å². The molecule has 2 rings (SSSR count). The van der Waals surface area contributed by atoms with Crippen molar-refractivity contribution in [1.29, 1.82) is 0 Å². The molecule has 0 saturated carbocycles. The Bertz CT molecular complexity index is 332. The molecule has 2 heterocycles. The Morgan fingerprint density at radius 2 is 2.50 bits per heavy atom. The monoisotopic (exact) mass is 323 g/mol. The van der Waals surface area contributed by atoms with Gasteiger partial charge in [-0.1, -0.05) is 11.6 Å². The Morgan fingerprint density at radius 3 is 3.00 bits per heavy atom. The normalized spacial score (nSPS) is 23.3. The van der Waals surface area contributed by atoms with Crippen LogP contribution in [0.1, 0.15) is 23.8 Å². The number of rotatable bonds is 3. The predicted molar refractivity (Wildman–Crippen MR) is 72.4 cm³/mol. The highest BCUT2D eigenvalue weighted by molar-refractivity contribution is 9.11. The third kappa shape index (κ3) is 2.79. The lowest BCUT2D eigenvalue weighted by Crippen LogP contribution is -2.30. The second-order valence-electron chi connectivity index (χ2n) is 4.01. The zero-order valence-corrected chi connectivity index (χ0v) is 12.3. The van der Waals surface area contributed by atoms with Crippen LogP contribution in [0.5, 0.6) is 0 Å². The summed E-state index contributed by atoms with van der Waals surface area (Å²) in [6.45, 7) is 1.75. The highest BCUT2D eigenvalue weighted by Crippen LogP contribution is 2.39. The van der Waals surface area contributed by atoms with Gasteiger partial charge in [0.05, 0.1) is 15.4 Å². The van der Waals surface area contributed by atoms with Crippen LogP contribution in [0.2, 0.25) is 5.02 Å². The maximum Gasteiger partial charge on any atom is 0.0887 e. The fraction of sp³-hybridized carbons (Fsp3) is 0.636. The average Bonchev–Trinajstić information content (AvgIpc) is 2.61. The summed E-state index contributed by atoms with van der Waals surface area (Å²) in [7, 11) is 2.00. The average molecular weight is 325 g/mol. The van der Waals surface area contributed by atoms with Crippen LogP contribution in [0.15, 0.2) is 9.85 Å². The molecule has 2 nitrogen and oxygen atoms in total. The van der Waals surface area contributed by atoms with E-state index in [2.05, 4.69) is 21.2 Å². The molecule has 90 valence electrons. The van der Waals surface area contributed by atoms with Gasteiger partial charge in [-0.15, -0.1) is 11.3 Å². The van der Waals surface area contributed by atoms with Crippen molar-refractivity contribution in [2.24, 2.45) is 5.92 Å². The molecule has 0 aromatic carbocycles. The molecular formula is C11H15BrClNOS. The lowest BCUT2D eigenvalue weighted by atomic mass is 9.93. The van der Waals surface area contributed by atoms with Gasteiger partial charge in [0.15, 0.2) is 0 Å². The van der Waals surface area contributed by atoms with E-state index >= 15 is 0 Å². The van der Waals surface area contributed by atoms with Crippen molar-refractivity contribution in [2.45, 2.75) is 18.9 Å². The smallest absolute Gasteiger partial charge is 0.0887 e. The van der Waals surface area contributed by atoms with Gasteiger partial charge in [0.1, 0.15) is 0 Å². The van der Waals surface area contributed by atoms with E-state index in [1.54, 1.807) is 11.3 Å². The largest absolute Gasteiger partial charge is 0.381 e. The first-order chi connectivity index (χ1) is 7.72. The fourth-order valence-electron chi connectivity index (χ4n) is 2.16. The van der Waals surface area contributed by atoms with Crippen molar-refractivity contribution >= 4 is 38.9 Å². The lowest BCUT2D eigenvalue weighted by molar-refractivity contribution is 0.0407. The maximum absolute atomic E-state index is 6.07. The van der Waals surface area contributed by atoms with E-state index in [4.69, 9.17) is 16.3 Å². The molecule has 1 aromatic rings. The Labute approximate surface area is 113 Å². The molecule has 1 aliphatic rings. The minimum Gasteiger partial charge on any atom is -0.381 e. The second kappa shape index (κ2) is 5.83. The van der Waals surface area contributed by atoms with Crippen LogP contribution >= 0.6 is 38.9 Å². The molecule has 2 unspecified atom stereocenters. The maximum atomic E-state index is 6.07. The third-order valence-corrected chi connectivity index (χ3v) is 5.51. The van der Waals surface area contributed by atoms with E-state index in [9.17, 15) is 0 Å². The molecule has 1 saturated heterocycles. The first-order valence-electron chi connectivity index (χ1n) is 5.42. The number of thiophene rings is 1. The van der Waals surface area contributed by atoms with Gasteiger partial charge in [0, 0.05) is 23.4 Å². The van der Waals surface area contributed by atoms with E-state index in [1.807, 2.05) is 13.1 Å². The number of halogens is 2. The Balaban J connectivity index is 2.14. The minimum atomic E-state index is 0.356. The molecule has 0 amide bonds. The van der Waals surface area contributed by atoms with Crippen LogP contribution < -0.4 is 5.32 Å². The van der Waals surface area contributed by atoms with Crippen molar-refractivity contribution in [3.63, 3.8) is 0 Å². The molecule has 2 atom stereocenters. The second-order valence-corrected chi connectivity index (χ2v) is 6.82. The van der Waals surface area contributed by atoms with Crippen LogP contribution in [0.25, 0.3) is 0 Å². The van der Waals surface area contributed by atoms with Crippen molar-refractivity contribution in [3.05, 3.63) is 19.8 Å². The van der Waals surface area contributed by atoms with Crippen LogP contribution in [0, 0.1) is 5.92 Å². The summed E-state index contributed by atoms with van der Waals surface area (Å²) >= 11 is 11.2. The SMILES string of the molecule is CNC(c1cc(Cl)c(Br)s1)C1CCCOC1. The zero-order chi connectivity index (χ0) is 11.5. The van der Waals surface area contributed by atoms with Crippen LogP contribution in [-0.2, 0) is 4.74 Å². The summed E-state index contributed by atoms with van der Waals surface area (Å²) in [4.78, 5) is 1.29. The quantitative estimate of drug-likeness (QED) is 0.912. The van der Waals surface area contributed by atoms with E-state index in [1.165, 1.54) is 11.3 Å². The number of ether oxygens (including phenoxy) is 1. The summed E-state index contributed by atoms with van der Waals surface area (Å²) in [6, 6.07) is 2.40. The number of hydrogen-bond acceptors (Lipinski definition) is 3. The highest BCUT2D eigenvalue weighted by atomic mass is 79.9. The Kier molecular flexibility index (Phi) is 4.67. The summed E-state index contributed by atoms with van der Waals surface area (Å²) < 4.78 is 6.56. The predicted octanol–water partition coefficient (Wildman–Crippen LogP) is 3.85. The van der Waals surface area contributed by atoms with Crippen molar-refractivity contribution in [1.82, 2.24) is 5.32 Å². The van der Waals surface area contributed by atoms with E-state index < -0.39 is 0 Å². The third-order valence-electron chi connectivity index (χ3n) is 2.95. The highest BCUT2D eigenvalue weighted by Gasteiger charge is 2.26. The molecule has 16 heavy (non-hydrogen) atoms. The molecule has 0 aliphatic carbocycles. The standard InChI is InChI=1S/C11H15BrClNOS/c1-14-10(7-3-2-4-15-6-7)9-5-8(13)11(12)16-9/h5,7,10,14H,2-4,6H2,1H3. The van der Waals surface area contributed by atoms with Crippen LogP contribution in [0.3, 0.4) is 0 Å². The summed E-state index contributed by atoms with van der Waals surface area (Å²) in [6.07, 6.45) is 2.38. The van der Waals surface area contributed by atoms with Gasteiger partial charge in [-0.3, -0.25) is 0 Å². The molecule has 1 aromatic heterocycles. The van der Waals surface area contributed by atoms with Crippen LogP contribution in [-0.4, -0.2) is 20.3 Å². The van der Waals surface area contributed by atoms with Crippen LogP contribution in [0.4, 0.5) is 0 Å². The molecule has 5 heteroatoms. The Hall–Kier alpha value is 0.390. The molecule has 1 N–H and O–H groups in total. The summed E-state index contributed by atoms with van der Waals surface area (Å²) in [5.74, 6) is 0.556. The van der Waals surface area contributed by atoms with Gasteiger partial charge in [-0.25, -0.2) is 0 Å². The summed E-state index contributed by atoms with van der Waals surface area (Å²) in [5.41, 5.74) is 0. The molecule has 0 radical (unpaired) electrons. The minimum absolute atomic E-state index is 0.356. The first-order valence-corrected chi connectivity index (χ1v) is 7.41. The van der Waals surface area contributed by atoms with Gasteiger partial charge >= 0.3 is 0 Å². The molecule has 0 spiro atoms. The summed E-state index contributed by atoms with van der Waals surface area (Å²) in [5, 5.41) is 4.18. The molecular weight excluding hydrogens is 310 g/mol. The first kappa shape index (κ1) is 12.8. The molecule has 1 aliphatic heterocycles. The molecule has 1 fully saturated rings.